The average Bonchev–Trinajstić information content (AvgIpc) is 2.75. The van der Waals surface area contributed by atoms with E-state index in [4.69, 9.17) is 10.00 Å². The second kappa shape index (κ2) is 9.10. The lowest BCUT2D eigenvalue weighted by molar-refractivity contribution is 0.0526. The van der Waals surface area contributed by atoms with E-state index < -0.39 is 11.9 Å². The average molecular weight is 387 g/mol. The van der Waals surface area contributed by atoms with Gasteiger partial charge in [-0.15, -0.1) is 10.2 Å². The van der Waals surface area contributed by atoms with Crippen molar-refractivity contribution in [2.75, 3.05) is 17.2 Å². The number of nitrogens with zero attached hydrogens (tertiary/aromatic N) is 3. The van der Waals surface area contributed by atoms with Crippen LogP contribution in [0, 0.1) is 11.3 Å². The summed E-state index contributed by atoms with van der Waals surface area (Å²) in [6, 6.07) is 18.5. The SMILES string of the molecule is CCOC(=O)c1ccc(NC(=O)c2ccc(Nc3ccc(C#N)cc3)nn2)cc1. The molecule has 0 saturated heterocycles. The molecule has 1 aromatic heterocycles. The van der Waals surface area contributed by atoms with Crippen molar-refractivity contribution in [1.29, 1.82) is 5.26 Å². The summed E-state index contributed by atoms with van der Waals surface area (Å²) in [5, 5.41) is 22.5. The van der Waals surface area contributed by atoms with E-state index in [1.807, 2.05) is 6.07 Å². The molecule has 0 aliphatic carbocycles. The van der Waals surface area contributed by atoms with Crippen LogP contribution in [0.15, 0.2) is 60.7 Å². The van der Waals surface area contributed by atoms with Gasteiger partial charge in [-0.1, -0.05) is 0 Å². The van der Waals surface area contributed by atoms with Crippen molar-refractivity contribution >= 4 is 29.1 Å². The van der Waals surface area contributed by atoms with Crippen LogP contribution in [-0.4, -0.2) is 28.7 Å². The molecule has 3 aromatic rings. The van der Waals surface area contributed by atoms with Crippen molar-refractivity contribution in [3.63, 3.8) is 0 Å². The molecular weight excluding hydrogens is 370 g/mol. The molecule has 2 N–H and O–H groups in total. The number of ether oxygens (including phenoxy) is 1. The third kappa shape index (κ3) is 5.14. The minimum absolute atomic E-state index is 0.143. The first kappa shape index (κ1) is 19.5. The van der Waals surface area contributed by atoms with E-state index >= 15 is 0 Å². The van der Waals surface area contributed by atoms with E-state index in [1.54, 1.807) is 67.6 Å². The molecule has 0 aliphatic heterocycles. The lowest BCUT2D eigenvalue weighted by Crippen LogP contribution is -2.14. The van der Waals surface area contributed by atoms with E-state index in [9.17, 15) is 9.59 Å². The van der Waals surface area contributed by atoms with Crippen LogP contribution in [0.3, 0.4) is 0 Å². The smallest absolute Gasteiger partial charge is 0.338 e. The zero-order valence-corrected chi connectivity index (χ0v) is 15.5. The standard InChI is InChI=1S/C21H17N5O3/c1-2-29-21(28)15-5-9-17(10-6-15)24-20(27)18-11-12-19(26-25-18)23-16-7-3-14(13-22)4-8-16/h3-12H,2H2,1H3,(H,23,26)(H,24,27). The Hall–Kier alpha value is -4.25. The van der Waals surface area contributed by atoms with Crippen LogP contribution >= 0.6 is 0 Å². The summed E-state index contributed by atoms with van der Waals surface area (Å²) in [6.07, 6.45) is 0. The molecule has 0 saturated carbocycles. The Balaban J connectivity index is 1.61. The van der Waals surface area contributed by atoms with Crippen LogP contribution in [-0.2, 0) is 4.74 Å². The minimum atomic E-state index is -0.425. The normalized spacial score (nSPS) is 9.93. The van der Waals surface area contributed by atoms with E-state index in [1.165, 1.54) is 0 Å². The van der Waals surface area contributed by atoms with Crippen molar-refractivity contribution < 1.29 is 14.3 Å². The van der Waals surface area contributed by atoms with Crippen molar-refractivity contribution in [3.05, 3.63) is 77.5 Å². The Labute approximate surface area is 167 Å². The van der Waals surface area contributed by atoms with Gasteiger partial charge >= 0.3 is 5.97 Å². The number of benzene rings is 2. The second-order valence-corrected chi connectivity index (χ2v) is 5.87. The van der Waals surface area contributed by atoms with Gasteiger partial charge in [0.1, 0.15) is 0 Å². The summed E-state index contributed by atoms with van der Waals surface area (Å²) in [5.41, 5.74) is 2.37. The topological polar surface area (TPSA) is 117 Å². The maximum absolute atomic E-state index is 12.3. The fourth-order valence-corrected chi connectivity index (χ4v) is 2.40. The van der Waals surface area contributed by atoms with Gasteiger partial charge < -0.3 is 15.4 Å². The zero-order chi connectivity index (χ0) is 20.6. The number of esters is 1. The lowest BCUT2D eigenvalue weighted by Gasteiger charge is -2.07. The molecule has 0 radical (unpaired) electrons. The highest BCUT2D eigenvalue weighted by molar-refractivity contribution is 6.03. The van der Waals surface area contributed by atoms with Crippen LogP contribution in [0.25, 0.3) is 0 Å². The Kier molecular flexibility index (Phi) is 6.12. The molecule has 0 spiro atoms. The Morgan fingerprint density at radius 2 is 1.66 bits per heavy atom. The Morgan fingerprint density at radius 3 is 2.24 bits per heavy atom. The highest BCUT2D eigenvalue weighted by atomic mass is 16.5. The van der Waals surface area contributed by atoms with Crippen LogP contribution in [0.1, 0.15) is 33.3 Å². The molecule has 1 heterocycles. The number of anilines is 3. The number of nitriles is 1. The van der Waals surface area contributed by atoms with Crippen LogP contribution in [0.5, 0.6) is 0 Å². The van der Waals surface area contributed by atoms with Gasteiger partial charge in [-0.25, -0.2) is 4.79 Å². The monoisotopic (exact) mass is 387 g/mol. The third-order valence-corrected chi connectivity index (χ3v) is 3.84. The minimum Gasteiger partial charge on any atom is -0.462 e. The first-order chi connectivity index (χ1) is 14.1. The fourth-order valence-electron chi connectivity index (χ4n) is 2.40. The Morgan fingerprint density at radius 1 is 0.966 bits per heavy atom. The number of carbonyl (C=O) groups is 2. The number of nitrogens with one attached hydrogen (secondary N) is 2. The van der Waals surface area contributed by atoms with Gasteiger partial charge in [0, 0.05) is 11.4 Å². The number of carbonyl (C=O) groups excluding carboxylic acids is 2. The summed E-state index contributed by atoms with van der Waals surface area (Å²) in [4.78, 5) is 24.0. The maximum Gasteiger partial charge on any atom is 0.338 e. The van der Waals surface area contributed by atoms with Crippen molar-refractivity contribution in [1.82, 2.24) is 10.2 Å². The molecule has 8 heteroatoms. The zero-order valence-electron chi connectivity index (χ0n) is 15.5. The molecule has 0 atom stereocenters. The number of hydrogen-bond donors (Lipinski definition) is 2. The first-order valence-corrected chi connectivity index (χ1v) is 8.78. The van der Waals surface area contributed by atoms with Gasteiger partial charge in [0.2, 0.25) is 0 Å². The first-order valence-electron chi connectivity index (χ1n) is 8.78. The van der Waals surface area contributed by atoms with Crippen LogP contribution in [0.2, 0.25) is 0 Å². The van der Waals surface area contributed by atoms with Gasteiger partial charge in [-0.05, 0) is 67.6 Å². The van der Waals surface area contributed by atoms with Gasteiger partial charge in [-0.3, -0.25) is 4.79 Å². The largest absolute Gasteiger partial charge is 0.462 e. The van der Waals surface area contributed by atoms with E-state index in [0.29, 0.717) is 29.2 Å². The molecule has 29 heavy (non-hydrogen) atoms. The highest BCUT2D eigenvalue weighted by Gasteiger charge is 2.10. The molecule has 3 rings (SSSR count). The van der Waals surface area contributed by atoms with E-state index in [2.05, 4.69) is 20.8 Å². The molecule has 1 amide bonds. The van der Waals surface area contributed by atoms with Crippen molar-refractivity contribution in [3.8, 4) is 6.07 Å². The van der Waals surface area contributed by atoms with Crippen LogP contribution in [0.4, 0.5) is 17.2 Å². The number of aromatic nitrogens is 2. The molecule has 0 aliphatic rings. The summed E-state index contributed by atoms with van der Waals surface area (Å²) in [5.74, 6) is -0.377. The molecule has 0 unspecified atom stereocenters. The van der Waals surface area contributed by atoms with E-state index in [-0.39, 0.29) is 5.69 Å². The summed E-state index contributed by atoms with van der Waals surface area (Å²) >= 11 is 0. The predicted octanol–water partition coefficient (Wildman–Crippen LogP) is 3.52. The highest BCUT2D eigenvalue weighted by Crippen LogP contribution is 2.15. The number of hydrogen-bond acceptors (Lipinski definition) is 7. The molecule has 0 bridgehead atoms. The lowest BCUT2D eigenvalue weighted by atomic mass is 10.2. The van der Waals surface area contributed by atoms with Crippen LogP contribution < -0.4 is 10.6 Å². The number of rotatable bonds is 6. The van der Waals surface area contributed by atoms with Crippen molar-refractivity contribution in [2.24, 2.45) is 0 Å². The van der Waals surface area contributed by atoms with Gasteiger partial charge in [0.25, 0.3) is 5.91 Å². The fraction of sp³-hybridized carbons (Fsp3) is 0.0952. The van der Waals surface area contributed by atoms with Gasteiger partial charge in [-0.2, -0.15) is 5.26 Å². The number of amides is 1. The summed E-state index contributed by atoms with van der Waals surface area (Å²) in [7, 11) is 0. The van der Waals surface area contributed by atoms with Crippen molar-refractivity contribution in [2.45, 2.75) is 6.92 Å². The molecule has 8 nitrogen and oxygen atoms in total. The quantitative estimate of drug-likeness (QED) is 0.621. The van der Waals surface area contributed by atoms with Gasteiger partial charge in [0.15, 0.2) is 11.5 Å². The molecular formula is C21H17N5O3. The second-order valence-electron chi connectivity index (χ2n) is 5.87. The summed E-state index contributed by atoms with van der Waals surface area (Å²) < 4.78 is 4.92. The van der Waals surface area contributed by atoms with E-state index in [0.717, 1.165) is 5.69 Å². The third-order valence-electron chi connectivity index (χ3n) is 3.84. The summed E-state index contributed by atoms with van der Waals surface area (Å²) in [6.45, 7) is 2.03. The molecule has 2 aromatic carbocycles. The molecule has 144 valence electrons. The Bertz CT molecular complexity index is 1040. The molecule has 0 fully saturated rings. The predicted molar refractivity (Wildman–Crippen MR) is 107 cm³/mol. The van der Waals surface area contributed by atoms with Gasteiger partial charge in [0.05, 0.1) is 23.8 Å². The maximum atomic E-state index is 12.3.